The highest BCUT2D eigenvalue weighted by atomic mass is 35.5. The van der Waals surface area contributed by atoms with Crippen LogP contribution in [0.3, 0.4) is 0 Å². The molecule has 0 aliphatic carbocycles. The van der Waals surface area contributed by atoms with E-state index in [1.165, 1.54) is 25.1 Å². The van der Waals surface area contributed by atoms with Gasteiger partial charge in [-0.15, -0.1) is 12.4 Å². The fraction of sp³-hybridized carbons (Fsp3) is 0.462. The summed E-state index contributed by atoms with van der Waals surface area (Å²) >= 11 is 0. The lowest BCUT2D eigenvalue weighted by molar-refractivity contribution is -0.174. The molecule has 0 saturated heterocycles. The third kappa shape index (κ3) is 4.44. The summed E-state index contributed by atoms with van der Waals surface area (Å²) in [5.41, 5.74) is 5.39. The van der Waals surface area contributed by atoms with E-state index in [0.717, 1.165) is 0 Å². The first-order valence-corrected chi connectivity index (χ1v) is 6.10. The molecule has 1 aromatic carbocycles. The van der Waals surface area contributed by atoms with Gasteiger partial charge in [-0.3, -0.25) is 0 Å². The Morgan fingerprint density at radius 1 is 1.38 bits per heavy atom. The summed E-state index contributed by atoms with van der Waals surface area (Å²) in [6.45, 7) is 3.19. The van der Waals surface area contributed by atoms with Crippen LogP contribution in [0.5, 0.6) is 11.5 Å². The first-order chi connectivity index (χ1) is 9.34. The van der Waals surface area contributed by atoms with E-state index in [-0.39, 0.29) is 42.7 Å². The standard InChI is InChI=1S/C13H17F2NO4.ClH/c1-3-19-10-7-8(5-6-9(10)17)11(16)13(14,15)12(18)20-4-2;/h5-7,11,17H,3-4,16H2,1-2H3;1H/t11-;/m1./s1. The molecule has 0 aromatic heterocycles. The average molecular weight is 326 g/mol. The first-order valence-electron chi connectivity index (χ1n) is 6.10. The minimum Gasteiger partial charge on any atom is -0.504 e. The summed E-state index contributed by atoms with van der Waals surface area (Å²) in [6, 6.07) is 1.68. The first kappa shape index (κ1) is 19.4. The van der Waals surface area contributed by atoms with E-state index in [4.69, 9.17) is 10.5 Å². The highest BCUT2D eigenvalue weighted by Crippen LogP contribution is 2.35. The van der Waals surface area contributed by atoms with Gasteiger partial charge in [-0.1, -0.05) is 6.07 Å². The van der Waals surface area contributed by atoms with Crippen LogP contribution in [0.2, 0.25) is 0 Å². The van der Waals surface area contributed by atoms with Gasteiger partial charge in [-0.05, 0) is 31.5 Å². The minimum atomic E-state index is -3.86. The molecule has 0 fully saturated rings. The van der Waals surface area contributed by atoms with Gasteiger partial charge in [0.05, 0.1) is 13.2 Å². The monoisotopic (exact) mass is 325 g/mol. The molecule has 0 heterocycles. The maximum Gasteiger partial charge on any atom is 0.379 e. The predicted molar refractivity (Wildman–Crippen MR) is 75.0 cm³/mol. The van der Waals surface area contributed by atoms with E-state index in [0.29, 0.717) is 0 Å². The number of hydrogen-bond donors (Lipinski definition) is 2. The second kappa shape index (κ2) is 7.99. The van der Waals surface area contributed by atoms with Gasteiger partial charge >= 0.3 is 11.9 Å². The third-order valence-corrected chi connectivity index (χ3v) is 2.58. The number of esters is 1. The molecule has 21 heavy (non-hydrogen) atoms. The number of alkyl halides is 2. The molecular formula is C13H18ClF2NO4. The van der Waals surface area contributed by atoms with Gasteiger partial charge in [0.25, 0.3) is 0 Å². The van der Waals surface area contributed by atoms with E-state index in [1.807, 2.05) is 0 Å². The van der Waals surface area contributed by atoms with Gasteiger partial charge in [0.2, 0.25) is 0 Å². The second-order valence-corrected chi connectivity index (χ2v) is 3.98. The summed E-state index contributed by atoms with van der Waals surface area (Å²) in [6.07, 6.45) is 0. The van der Waals surface area contributed by atoms with Crippen LogP contribution < -0.4 is 10.5 Å². The largest absolute Gasteiger partial charge is 0.504 e. The van der Waals surface area contributed by atoms with Crippen molar-refractivity contribution in [3.63, 3.8) is 0 Å². The number of carbonyl (C=O) groups excluding carboxylic acids is 1. The number of carbonyl (C=O) groups is 1. The molecule has 0 aliphatic heterocycles. The zero-order valence-corrected chi connectivity index (χ0v) is 12.5. The van der Waals surface area contributed by atoms with Gasteiger partial charge in [0.15, 0.2) is 11.5 Å². The van der Waals surface area contributed by atoms with Crippen molar-refractivity contribution in [3.8, 4) is 11.5 Å². The number of phenols is 1. The number of hydrogen-bond acceptors (Lipinski definition) is 5. The Kier molecular flexibility index (Phi) is 7.38. The number of benzene rings is 1. The Balaban J connectivity index is 0.00000400. The van der Waals surface area contributed by atoms with E-state index in [2.05, 4.69) is 4.74 Å². The molecule has 1 aromatic rings. The second-order valence-electron chi connectivity index (χ2n) is 3.98. The quantitative estimate of drug-likeness (QED) is 0.785. The van der Waals surface area contributed by atoms with Gasteiger partial charge in [0.1, 0.15) is 6.04 Å². The zero-order valence-electron chi connectivity index (χ0n) is 11.6. The topological polar surface area (TPSA) is 81.8 Å². The van der Waals surface area contributed by atoms with Crippen molar-refractivity contribution < 1.29 is 28.2 Å². The number of aromatic hydroxyl groups is 1. The van der Waals surface area contributed by atoms with Crippen molar-refractivity contribution >= 4 is 18.4 Å². The maximum atomic E-state index is 13.8. The van der Waals surface area contributed by atoms with Crippen LogP contribution in [0.25, 0.3) is 0 Å². The maximum absolute atomic E-state index is 13.8. The normalized spacial score (nSPS) is 12.2. The van der Waals surface area contributed by atoms with Crippen LogP contribution in [0, 0.1) is 0 Å². The molecule has 120 valence electrons. The Morgan fingerprint density at radius 3 is 2.52 bits per heavy atom. The van der Waals surface area contributed by atoms with Gasteiger partial charge < -0.3 is 20.3 Å². The molecule has 0 bridgehead atoms. The lowest BCUT2D eigenvalue weighted by Crippen LogP contribution is -2.41. The molecule has 0 spiro atoms. The smallest absolute Gasteiger partial charge is 0.379 e. The molecule has 0 unspecified atom stereocenters. The Labute approximate surface area is 127 Å². The molecule has 0 aliphatic rings. The van der Waals surface area contributed by atoms with Crippen molar-refractivity contribution in [1.82, 2.24) is 0 Å². The molecule has 0 saturated carbocycles. The number of nitrogens with two attached hydrogens (primary N) is 1. The number of halogens is 3. The van der Waals surface area contributed by atoms with Crippen molar-refractivity contribution in [3.05, 3.63) is 23.8 Å². The summed E-state index contributed by atoms with van der Waals surface area (Å²) in [7, 11) is 0. The third-order valence-electron chi connectivity index (χ3n) is 2.58. The van der Waals surface area contributed by atoms with Crippen LogP contribution in [-0.4, -0.2) is 30.2 Å². The van der Waals surface area contributed by atoms with E-state index in [9.17, 15) is 18.7 Å². The predicted octanol–water partition coefficient (Wildman–Crippen LogP) is 2.41. The molecule has 0 radical (unpaired) electrons. The molecule has 8 heteroatoms. The number of rotatable bonds is 6. The fourth-order valence-electron chi connectivity index (χ4n) is 1.56. The van der Waals surface area contributed by atoms with Crippen molar-refractivity contribution in [2.75, 3.05) is 13.2 Å². The van der Waals surface area contributed by atoms with Gasteiger partial charge in [-0.2, -0.15) is 8.78 Å². The lowest BCUT2D eigenvalue weighted by atomic mass is 10.0. The highest BCUT2D eigenvalue weighted by molar-refractivity contribution is 5.85. The molecule has 1 rings (SSSR count). The van der Waals surface area contributed by atoms with Crippen LogP contribution in [-0.2, 0) is 9.53 Å². The van der Waals surface area contributed by atoms with Gasteiger partial charge in [0, 0.05) is 0 Å². The van der Waals surface area contributed by atoms with Crippen LogP contribution in [0.15, 0.2) is 18.2 Å². The van der Waals surface area contributed by atoms with Crippen molar-refractivity contribution in [1.29, 1.82) is 0 Å². The molecular weight excluding hydrogens is 308 g/mol. The van der Waals surface area contributed by atoms with Crippen molar-refractivity contribution in [2.24, 2.45) is 5.73 Å². The number of ether oxygens (including phenoxy) is 2. The van der Waals surface area contributed by atoms with E-state index < -0.39 is 17.9 Å². The SMILES string of the molecule is CCOC(=O)C(F)(F)[C@H](N)c1ccc(O)c(OCC)c1.Cl. The molecule has 5 nitrogen and oxygen atoms in total. The zero-order chi connectivity index (χ0) is 15.3. The number of phenolic OH excluding ortho intramolecular Hbond substituents is 1. The molecule has 0 amide bonds. The highest BCUT2D eigenvalue weighted by Gasteiger charge is 2.47. The summed E-state index contributed by atoms with van der Waals surface area (Å²) in [5, 5.41) is 9.50. The van der Waals surface area contributed by atoms with Gasteiger partial charge in [-0.25, -0.2) is 4.79 Å². The summed E-state index contributed by atoms with van der Waals surface area (Å²) in [4.78, 5) is 11.2. The summed E-state index contributed by atoms with van der Waals surface area (Å²) in [5.74, 6) is -5.71. The molecule has 1 atom stereocenters. The van der Waals surface area contributed by atoms with E-state index >= 15 is 0 Å². The van der Waals surface area contributed by atoms with Crippen LogP contribution >= 0.6 is 12.4 Å². The summed E-state index contributed by atoms with van der Waals surface area (Å²) < 4.78 is 37.0. The average Bonchev–Trinajstić information content (AvgIpc) is 2.41. The fourth-order valence-corrected chi connectivity index (χ4v) is 1.56. The Bertz CT molecular complexity index is 485. The van der Waals surface area contributed by atoms with E-state index in [1.54, 1.807) is 6.92 Å². The lowest BCUT2D eigenvalue weighted by Gasteiger charge is -2.22. The Hall–Kier alpha value is -1.60. The molecule has 3 N–H and O–H groups in total. The minimum absolute atomic E-state index is 0. The van der Waals surface area contributed by atoms with Crippen LogP contribution in [0.1, 0.15) is 25.5 Å². The van der Waals surface area contributed by atoms with Crippen molar-refractivity contribution in [2.45, 2.75) is 25.8 Å². The Morgan fingerprint density at radius 2 is 2.00 bits per heavy atom. The van der Waals surface area contributed by atoms with Crippen LogP contribution in [0.4, 0.5) is 8.78 Å².